The minimum atomic E-state index is 1.07. The van der Waals surface area contributed by atoms with Crippen LogP contribution in [-0.4, -0.2) is 9.38 Å². The zero-order valence-corrected chi connectivity index (χ0v) is 12.3. The summed E-state index contributed by atoms with van der Waals surface area (Å²) in [5, 5.41) is 2.20. The molecule has 0 bridgehead atoms. The first kappa shape index (κ1) is 11.2. The standard InChI is InChI=1S/C15H12N2S2/c1-9-8-18-14(10(9)2)11-7-17-12-5-3-4-6-13(12)19-15(17)16-11/h3-8H,1-2H3. The molecule has 19 heavy (non-hydrogen) atoms. The van der Waals surface area contributed by atoms with Crippen molar-refractivity contribution in [1.29, 1.82) is 0 Å². The van der Waals surface area contributed by atoms with Crippen molar-refractivity contribution < 1.29 is 0 Å². The highest BCUT2D eigenvalue weighted by Crippen LogP contribution is 2.34. The Balaban J connectivity index is 2.00. The van der Waals surface area contributed by atoms with Crippen LogP contribution >= 0.6 is 22.7 Å². The maximum atomic E-state index is 4.79. The molecule has 1 aromatic carbocycles. The van der Waals surface area contributed by atoms with Crippen LogP contribution in [0.25, 0.3) is 25.7 Å². The summed E-state index contributed by atoms with van der Waals surface area (Å²) in [5.74, 6) is 0. The van der Waals surface area contributed by atoms with Crippen LogP contribution in [0.2, 0.25) is 0 Å². The average molecular weight is 284 g/mol. The van der Waals surface area contributed by atoms with E-state index in [9.17, 15) is 0 Å². The Hall–Kier alpha value is -1.65. The zero-order chi connectivity index (χ0) is 13.0. The van der Waals surface area contributed by atoms with Crippen molar-refractivity contribution in [3.8, 4) is 10.6 Å². The SMILES string of the molecule is Cc1csc(-c2cn3c(n2)sc2ccccc23)c1C. The fraction of sp³-hybridized carbons (Fsp3) is 0.133. The lowest BCUT2D eigenvalue weighted by atomic mass is 10.2. The second-order valence-corrected chi connectivity index (χ2v) is 6.61. The van der Waals surface area contributed by atoms with Gasteiger partial charge in [0, 0.05) is 6.20 Å². The number of hydrogen-bond acceptors (Lipinski definition) is 3. The number of aryl methyl sites for hydroxylation is 1. The Morgan fingerprint density at radius 3 is 2.79 bits per heavy atom. The van der Waals surface area contributed by atoms with Crippen molar-refractivity contribution in [2.75, 3.05) is 0 Å². The van der Waals surface area contributed by atoms with Gasteiger partial charge in [0.15, 0.2) is 4.96 Å². The number of para-hydroxylation sites is 1. The van der Waals surface area contributed by atoms with Gasteiger partial charge in [0.05, 0.1) is 15.1 Å². The summed E-state index contributed by atoms with van der Waals surface area (Å²) < 4.78 is 3.49. The number of thiazole rings is 1. The molecule has 2 nitrogen and oxygen atoms in total. The molecule has 3 heterocycles. The number of benzene rings is 1. The number of hydrogen-bond donors (Lipinski definition) is 0. The predicted octanol–water partition coefficient (Wildman–Crippen LogP) is 4.89. The number of aromatic nitrogens is 2. The highest BCUT2D eigenvalue weighted by molar-refractivity contribution is 7.23. The summed E-state index contributed by atoms with van der Waals surface area (Å²) in [6.45, 7) is 4.33. The molecule has 0 unspecified atom stereocenters. The van der Waals surface area contributed by atoms with E-state index in [4.69, 9.17) is 4.98 Å². The Kier molecular flexibility index (Phi) is 2.31. The molecule has 0 saturated heterocycles. The van der Waals surface area contributed by atoms with Crippen LogP contribution in [0.15, 0.2) is 35.8 Å². The van der Waals surface area contributed by atoms with Gasteiger partial charge in [-0.3, -0.25) is 4.40 Å². The molecular weight excluding hydrogens is 272 g/mol. The quantitative estimate of drug-likeness (QED) is 0.486. The van der Waals surface area contributed by atoms with Crippen molar-refractivity contribution in [2.24, 2.45) is 0 Å². The molecule has 4 heteroatoms. The summed E-state index contributed by atoms with van der Waals surface area (Å²) >= 11 is 3.53. The van der Waals surface area contributed by atoms with E-state index in [0.29, 0.717) is 0 Å². The first-order valence-electron chi connectivity index (χ1n) is 6.16. The van der Waals surface area contributed by atoms with Gasteiger partial charge in [0.2, 0.25) is 0 Å². The van der Waals surface area contributed by atoms with E-state index in [2.05, 4.69) is 54.1 Å². The molecule has 0 radical (unpaired) electrons. The average Bonchev–Trinajstić information content (AvgIpc) is 3.04. The molecule has 0 spiro atoms. The molecule has 4 aromatic rings. The van der Waals surface area contributed by atoms with Crippen molar-refractivity contribution in [3.05, 3.63) is 47.0 Å². The van der Waals surface area contributed by atoms with Gasteiger partial charge in [-0.1, -0.05) is 23.5 Å². The number of rotatable bonds is 1. The van der Waals surface area contributed by atoms with Crippen molar-refractivity contribution in [1.82, 2.24) is 9.38 Å². The molecule has 0 fully saturated rings. The predicted molar refractivity (Wildman–Crippen MR) is 83.4 cm³/mol. The van der Waals surface area contributed by atoms with E-state index in [-0.39, 0.29) is 0 Å². The van der Waals surface area contributed by atoms with E-state index in [0.717, 1.165) is 10.7 Å². The molecule has 4 rings (SSSR count). The second-order valence-electron chi connectivity index (χ2n) is 4.72. The topological polar surface area (TPSA) is 17.3 Å². The van der Waals surface area contributed by atoms with Gasteiger partial charge in [0.1, 0.15) is 5.69 Å². The lowest BCUT2D eigenvalue weighted by Gasteiger charge is -1.94. The fourth-order valence-corrected chi connectivity index (χ4v) is 4.35. The fourth-order valence-electron chi connectivity index (χ4n) is 2.31. The Morgan fingerprint density at radius 2 is 2.00 bits per heavy atom. The Labute approximate surface area is 119 Å². The van der Waals surface area contributed by atoms with Gasteiger partial charge in [-0.15, -0.1) is 11.3 Å². The highest BCUT2D eigenvalue weighted by Gasteiger charge is 2.13. The van der Waals surface area contributed by atoms with Crippen LogP contribution in [0.3, 0.4) is 0 Å². The molecule has 0 aliphatic heterocycles. The lowest BCUT2D eigenvalue weighted by Crippen LogP contribution is -1.78. The maximum absolute atomic E-state index is 4.79. The normalized spacial score (nSPS) is 11.7. The Bertz CT molecular complexity index is 895. The summed E-state index contributed by atoms with van der Waals surface area (Å²) in [7, 11) is 0. The van der Waals surface area contributed by atoms with E-state index in [1.165, 1.54) is 26.2 Å². The first-order valence-corrected chi connectivity index (χ1v) is 7.85. The van der Waals surface area contributed by atoms with Gasteiger partial charge in [-0.05, 0) is 42.5 Å². The summed E-state index contributed by atoms with van der Waals surface area (Å²) in [6.07, 6.45) is 2.16. The van der Waals surface area contributed by atoms with Crippen LogP contribution in [0.4, 0.5) is 0 Å². The van der Waals surface area contributed by atoms with E-state index in [1.807, 2.05) is 0 Å². The molecule has 0 aliphatic rings. The first-order chi connectivity index (χ1) is 9.24. The molecule has 3 aromatic heterocycles. The minimum absolute atomic E-state index is 1.07. The Morgan fingerprint density at radius 1 is 1.16 bits per heavy atom. The largest absolute Gasteiger partial charge is 0.290 e. The molecule has 94 valence electrons. The molecule has 0 saturated carbocycles. The number of imidazole rings is 1. The van der Waals surface area contributed by atoms with E-state index in [1.54, 1.807) is 22.7 Å². The van der Waals surface area contributed by atoms with Crippen LogP contribution in [0, 0.1) is 13.8 Å². The van der Waals surface area contributed by atoms with E-state index < -0.39 is 0 Å². The van der Waals surface area contributed by atoms with Crippen molar-refractivity contribution in [3.63, 3.8) is 0 Å². The van der Waals surface area contributed by atoms with Crippen LogP contribution in [0.1, 0.15) is 11.1 Å². The molecule has 0 atom stereocenters. The summed E-state index contributed by atoms with van der Waals surface area (Å²) in [6, 6.07) is 8.45. The maximum Gasteiger partial charge on any atom is 0.195 e. The lowest BCUT2D eigenvalue weighted by molar-refractivity contribution is 1.30. The van der Waals surface area contributed by atoms with Crippen molar-refractivity contribution >= 4 is 37.9 Å². The third-order valence-electron chi connectivity index (χ3n) is 3.52. The summed E-state index contributed by atoms with van der Waals surface area (Å²) in [5.41, 5.74) is 5.03. The van der Waals surface area contributed by atoms with Crippen LogP contribution in [0.5, 0.6) is 0 Å². The van der Waals surface area contributed by atoms with Crippen LogP contribution < -0.4 is 0 Å². The summed E-state index contributed by atoms with van der Waals surface area (Å²) in [4.78, 5) is 7.15. The molecule has 0 amide bonds. The van der Waals surface area contributed by atoms with Crippen LogP contribution in [-0.2, 0) is 0 Å². The minimum Gasteiger partial charge on any atom is -0.290 e. The number of nitrogens with zero attached hydrogens (tertiary/aromatic N) is 2. The van der Waals surface area contributed by atoms with Gasteiger partial charge < -0.3 is 0 Å². The van der Waals surface area contributed by atoms with E-state index >= 15 is 0 Å². The smallest absolute Gasteiger partial charge is 0.195 e. The third-order valence-corrected chi connectivity index (χ3v) is 5.78. The van der Waals surface area contributed by atoms with Gasteiger partial charge in [-0.25, -0.2) is 4.98 Å². The number of fused-ring (bicyclic) bond motifs is 3. The second kappa shape index (κ2) is 3.92. The van der Waals surface area contributed by atoms with Gasteiger partial charge >= 0.3 is 0 Å². The van der Waals surface area contributed by atoms with Gasteiger partial charge in [0.25, 0.3) is 0 Å². The highest BCUT2D eigenvalue weighted by atomic mass is 32.1. The zero-order valence-electron chi connectivity index (χ0n) is 10.7. The molecular formula is C15H12N2S2. The van der Waals surface area contributed by atoms with Gasteiger partial charge in [-0.2, -0.15) is 0 Å². The molecule has 0 aliphatic carbocycles. The number of thiophene rings is 1. The molecule has 0 N–H and O–H groups in total. The third kappa shape index (κ3) is 1.57. The monoisotopic (exact) mass is 284 g/mol. The van der Waals surface area contributed by atoms with Crippen molar-refractivity contribution in [2.45, 2.75) is 13.8 Å².